The summed E-state index contributed by atoms with van der Waals surface area (Å²) in [5.41, 5.74) is -0.674. The van der Waals surface area contributed by atoms with E-state index in [0.717, 1.165) is 10.4 Å². The highest BCUT2D eigenvalue weighted by atomic mass is 28.4. The molecule has 0 saturated heterocycles. The fourth-order valence-electron chi connectivity index (χ4n) is 4.02. The van der Waals surface area contributed by atoms with Crippen molar-refractivity contribution in [2.75, 3.05) is 6.61 Å². The third kappa shape index (κ3) is 6.53. The lowest BCUT2D eigenvalue weighted by atomic mass is 10.0. The van der Waals surface area contributed by atoms with Gasteiger partial charge in [-0.25, -0.2) is 0 Å². The van der Waals surface area contributed by atoms with Crippen molar-refractivity contribution in [2.24, 2.45) is 5.92 Å². The molecule has 0 radical (unpaired) electrons. The zero-order valence-electron chi connectivity index (χ0n) is 20.1. The van der Waals surface area contributed by atoms with Crippen molar-refractivity contribution in [3.05, 3.63) is 60.7 Å². The maximum absolute atomic E-state index is 12.7. The first kappa shape index (κ1) is 25.8. The summed E-state index contributed by atoms with van der Waals surface area (Å²) in [6.07, 6.45) is 0.00469. The number of aliphatic carboxylic acids is 1. The third-order valence-electron chi connectivity index (χ3n) is 5.36. The van der Waals surface area contributed by atoms with Gasteiger partial charge in [-0.3, -0.25) is 9.59 Å². The van der Waals surface area contributed by atoms with Crippen molar-refractivity contribution in [3.8, 4) is 0 Å². The first-order chi connectivity index (χ1) is 14.9. The lowest BCUT2D eigenvalue weighted by Gasteiger charge is -2.43. The van der Waals surface area contributed by atoms with E-state index >= 15 is 0 Å². The summed E-state index contributed by atoms with van der Waals surface area (Å²) in [5, 5.41) is 11.4. The van der Waals surface area contributed by atoms with E-state index in [1.165, 1.54) is 0 Å². The molecule has 0 unspecified atom stereocenters. The van der Waals surface area contributed by atoms with Gasteiger partial charge in [-0.1, -0.05) is 81.4 Å². The van der Waals surface area contributed by atoms with Gasteiger partial charge in [0.15, 0.2) is 0 Å². The Morgan fingerprint density at radius 3 is 1.72 bits per heavy atom. The molecule has 0 spiro atoms. The molecule has 174 valence electrons. The predicted molar refractivity (Wildman–Crippen MR) is 130 cm³/mol. The molecular formula is C26H36O5Si. The monoisotopic (exact) mass is 456 g/mol. The number of benzene rings is 2. The number of hydrogen-bond donors (Lipinski definition) is 1. The molecule has 1 atom stereocenters. The molecule has 1 N–H and O–H groups in total. The normalized spacial score (nSPS) is 13.4. The van der Waals surface area contributed by atoms with Crippen molar-refractivity contribution >= 4 is 30.6 Å². The SMILES string of the molecule is CC(C)(C)OC(=O)[C@H](CCO[Si](c1ccccc1)(c1ccccc1)C(C)(C)C)CC(=O)O. The topological polar surface area (TPSA) is 72.8 Å². The van der Waals surface area contributed by atoms with E-state index in [1.54, 1.807) is 20.8 Å². The number of carbonyl (C=O) groups excluding carboxylic acids is 1. The van der Waals surface area contributed by atoms with Crippen molar-refractivity contribution in [3.63, 3.8) is 0 Å². The Bertz CT molecular complexity index is 842. The molecule has 0 aromatic heterocycles. The summed E-state index contributed by atoms with van der Waals surface area (Å²) in [6, 6.07) is 20.5. The van der Waals surface area contributed by atoms with Crippen LogP contribution in [0.4, 0.5) is 0 Å². The molecule has 0 saturated carbocycles. The summed E-state index contributed by atoms with van der Waals surface area (Å²) >= 11 is 0. The van der Waals surface area contributed by atoms with E-state index in [1.807, 2.05) is 36.4 Å². The van der Waals surface area contributed by atoms with E-state index in [4.69, 9.17) is 9.16 Å². The van der Waals surface area contributed by atoms with E-state index < -0.39 is 31.8 Å². The molecule has 0 aliphatic rings. The minimum absolute atomic E-state index is 0.191. The average Bonchev–Trinajstić information content (AvgIpc) is 2.69. The Morgan fingerprint density at radius 2 is 1.34 bits per heavy atom. The molecule has 5 nitrogen and oxygen atoms in total. The fourth-order valence-corrected chi connectivity index (χ4v) is 8.59. The third-order valence-corrected chi connectivity index (χ3v) is 10.4. The molecule has 0 amide bonds. The Morgan fingerprint density at radius 1 is 0.875 bits per heavy atom. The van der Waals surface area contributed by atoms with Crippen molar-refractivity contribution < 1.29 is 23.9 Å². The maximum atomic E-state index is 12.7. The zero-order valence-corrected chi connectivity index (χ0v) is 21.1. The second-order valence-corrected chi connectivity index (χ2v) is 14.4. The van der Waals surface area contributed by atoms with Gasteiger partial charge in [0.1, 0.15) is 5.60 Å². The van der Waals surface area contributed by atoms with E-state index in [9.17, 15) is 14.7 Å². The minimum Gasteiger partial charge on any atom is -0.481 e. The molecule has 0 aliphatic carbocycles. The van der Waals surface area contributed by atoms with Crippen molar-refractivity contribution in [2.45, 2.75) is 65.0 Å². The summed E-state index contributed by atoms with van der Waals surface area (Å²) in [5.74, 6) is -2.28. The summed E-state index contributed by atoms with van der Waals surface area (Å²) in [6.45, 7) is 12.2. The van der Waals surface area contributed by atoms with Gasteiger partial charge in [0.25, 0.3) is 8.32 Å². The van der Waals surface area contributed by atoms with Crippen molar-refractivity contribution in [1.82, 2.24) is 0 Å². The Kier molecular flexibility index (Phi) is 8.43. The van der Waals surface area contributed by atoms with Crippen LogP contribution in [0.25, 0.3) is 0 Å². The molecule has 6 heteroatoms. The van der Waals surface area contributed by atoms with Crippen LogP contribution in [0.5, 0.6) is 0 Å². The minimum atomic E-state index is -2.74. The number of ether oxygens (including phenoxy) is 1. The van der Waals surface area contributed by atoms with E-state index in [-0.39, 0.29) is 24.5 Å². The highest BCUT2D eigenvalue weighted by molar-refractivity contribution is 6.99. The zero-order chi connectivity index (χ0) is 24.0. The maximum Gasteiger partial charge on any atom is 0.310 e. The van der Waals surface area contributed by atoms with Crippen LogP contribution in [-0.4, -0.2) is 37.6 Å². The second kappa shape index (κ2) is 10.4. The Hall–Kier alpha value is -2.44. The summed E-state index contributed by atoms with van der Waals surface area (Å²) in [7, 11) is -2.74. The number of esters is 1. The molecular weight excluding hydrogens is 420 g/mol. The van der Waals surface area contributed by atoms with Gasteiger partial charge in [-0.2, -0.15) is 0 Å². The van der Waals surface area contributed by atoms with Crippen LogP contribution in [0.15, 0.2) is 60.7 Å². The summed E-state index contributed by atoms with van der Waals surface area (Å²) < 4.78 is 12.3. The lowest BCUT2D eigenvalue weighted by molar-refractivity contribution is -0.163. The van der Waals surface area contributed by atoms with Gasteiger partial charge in [-0.15, -0.1) is 0 Å². The molecule has 32 heavy (non-hydrogen) atoms. The number of carboxylic acid groups (broad SMARTS) is 1. The van der Waals surface area contributed by atoms with Crippen LogP contribution >= 0.6 is 0 Å². The number of carbonyl (C=O) groups is 2. The van der Waals surface area contributed by atoms with Gasteiger partial charge < -0.3 is 14.3 Å². The van der Waals surface area contributed by atoms with Crippen LogP contribution in [-0.2, 0) is 18.8 Å². The van der Waals surface area contributed by atoms with E-state index in [0.29, 0.717) is 0 Å². The van der Waals surface area contributed by atoms with Gasteiger partial charge in [0, 0.05) is 6.61 Å². The molecule has 0 aliphatic heterocycles. The number of rotatable bonds is 9. The number of hydrogen-bond acceptors (Lipinski definition) is 4. The first-order valence-corrected chi connectivity index (χ1v) is 13.0. The molecule has 0 fully saturated rings. The quantitative estimate of drug-likeness (QED) is 0.448. The van der Waals surface area contributed by atoms with Crippen molar-refractivity contribution in [1.29, 1.82) is 0 Å². The van der Waals surface area contributed by atoms with Gasteiger partial charge in [-0.05, 0) is 42.6 Å². The molecule has 0 heterocycles. The van der Waals surface area contributed by atoms with Crippen LogP contribution < -0.4 is 10.4 Å². The fraction of sp³-hybridized carbons (Fsp3) is 0.462. The standard InChI is InChI=1S/C26H36O5Si/c1-25(2,3)31-24(29)20(19-23(27)28)17-18-30-32(26(4,5)6,21-13-9-7-10-14-21)22-15-11-8-12-16-22/h7-16,20H,17-19H2,1-6H3,(H,27,28)/t20-/m1/s1. The van der Waals surface area contributed by atoms with Crippen LogP contribution in [0.1, 0.15) is 54.4 Å². The van der Waals surface area contributed by atoms with Gasteiger partial charge in [0.05, 0.1) is 12.3 Å². The smallest absolute Gasteiger partial charge is 0.310 e. The Balaban J connectivity index is 2.38. The largest absolute Gasteiger partial charge is 0.481 e. The highest BCUT2D eigenvalue weighted by Crippen LogP contribution is 2.37. The van der Waals surface area contributed by atoms with Crippen LogP contribution in [0.3, 0.4) is 0 Å². The van der Waals surface area contributed by atoms with Gasteiger partial charge >= 0.3 is 11.9 Å². The lowest BCUT2D eigenvalue weighted by Crippen LogP contribution is -2.66. The van der Waals surface area contributed by atoms with Gasteiger partial charge in [0.2, 0.25) is 0 Å². The average molecular weight is 457 g/mol. The van der Waals surface area contributed by atoms with E-state index in [2.05, 4.69) is 45.0 Å². The second-order valence-electron chi connectivity index (χ2n) is 10.1. The summed E-state index contributed by atoms with van der Waals surface area (Å²) in [4.78, 5) is 24.1. The molecule has 2 rings (SSSR count). The predicted octanol–water partition coefficient (Wildman–Crippen LogP) is 4.39. The highest BCUT2D eigenvalue weighted by Gasteiger charge is 2.50. The van der Waals surface area contributed by atoms with Crippen LogP contribution in [0.2, 0.25) is 5.04 Å². The molecule has 2 aromatic rings. The Labute approximate surface area is 192 Å². The molecule has 0 bridgehead atoms. The number of carboxylic acids is 1. The molecule has 2 aromatic carbocycles. The first-order valence-electron chi connectivity index (χ1n) is 11.1. The van der Waals surface area contributed by atoms with Crippen LogP contribution in [0, 0.1) is 5.92 Å².